The van der Waals surface area contributed by atoms with E-state index in [9.17, 15) is 4.79 Å². The first-order valence-corrected chi connectivity index (χ1v) is 7.24. The van der Waals surface area contributed by atoms with Gasteiger partial charge >= 0.3 is 0 Å². The Balaban J connectivity index is 1.73. The molecule has 0 aromatic heterocycles. The lowest BCUT2D eigenvalue weighted by Gasteiger charge is -2.20. The van der Waals surface area contributed by atoms with Crippen LogP contribution in [0.3, 0.4) is 0 Å². The minimum absolute atomic E-state index is 0.0265. The summed E-state index contributed by atoms with van der Waals surface area (Å²) in [5.41, 5.74) is 0. The van der Waals surface area contributed by atoms with E-state index < -0.39 is 0 Å². The molecule has 0 spiro atoms. The molecule has 0 saturated carbocycles. The number of nitrogens with one attached hydrogen (secondary N) is 1. The van der Waals surface area contributed by atoms with Crippen molar-refractivity contribution in [1.29, 1.82) is 0 Å². The number of halogens is 1. The first-order valence-electron chi connectivity index (χ1n) is 6.44. The van der Waals surface area contributed by atoms with Crippen molar-refractivity contribution in [3.05, 3.63) is 28.7 Å². The van der Waals surface area contributed by atoms with E-state index >= 15 is 0 Å². The molecule has 4 nitrogen and oxygen atoms in total. The fourth-order valence-corrected chi connectivity index (χ4v) is 2.33. The summed E-state index contributed by atoms with van der Waals surface area (Å²) in [6.45, 7) is 2.78. The number of benzene rings is 1. The van der Waals surface area contributed by atoms with Gasteiger partial charge in [-0.25, -0.2) is 0 Å². The molecule has 2 rings (SSSR count). The third-order valence-electron chi connectivity index (χ3n) is 3.09. The zero-order chi connectivity index (χ0) is 13.7. The lowest BCUT2D eigenvalue weighted by molar-refractivity contribution is -0.124. The summed E-state index contributed by atoms with van der Waals surface area (Å²) in [5.74, 6) is 0.564. The Kier molecular flexibility index (Phi) is 5.22. The standard InChI is InChI=1S/C14H18BrNO3/c1-10(13-3-2-8-18-13)16-14(17)9-19-12-6-4-11(15)5-7-12/h4-7,10,13H,2-3,8-9H2,1H3,(H,16,17)/t10-,13-/m1/s1. The Morgan fingerprint density at radius 2 is 2.26 bits per heavy atom. The van der Waals surface area contributed by atoms with Crippen LogP contribution in [0.25, 0.3) is 0 Å². The molecule has 0 unspecified atom stereocenters. The summed E-state index contributed by atoms with van der Waals surface area (Å²) in [7, 11) is 0. The highest BCUT2D eigenvalue weighted by Gasteiger charge is 2.23. The maximum Gasteiger partial charge on any atom is 0.258 e. The maximum atomic E-state index is 11.7. The van der Waals surface area contributed by atoms with Gasteiger partial charge in [0.2, 0.25) is 0 Å². The Morgan fingerprint density at radius 1 is 1.53 bits per heavy atom. The van der Waals surface area contributed by atoms with Gasteiger partial charge in [0, 0.05) is 11.1 Å². The SMILES string of the molecule is C[C@@H](NC(=O)COc1ccc(Br)cc1)[C@H]1CCCO1. The van der Waals surface area contributed by atoms with Crippen molar-refractivity contribution >= 4 is 21.8 Å². The lowest BCUT2D eigenvalue weighted by Crippen LogP contribution is -2.42. The second-order valence-corrected chi connectivity index (χ2v) is 5.57. The number of carbonyl (C=O) groups excluding carboxylic acids is 1. The molecule has 1 amide bonds. The predicted octanol–water partition coefficient (Wildman–Crippen LogP) is 2.51. The van der Waals surface area contributed by atoms with Crippen LogP contribution >= 0.6 is 15.9 Å². The molecular formula is C14H18BrNO3. The largest absolute Gasteiger partial charge is 0.484 e. The van der Waals surface area contributed by atoms with Crippen LogP contribution in [-0.4, -0.2) is 31.3 Å². The van der Waals surface area contributed by atoms with Gasteiger partial charge in [-0.15, -0.1) is 0 Å². The van der Waals surface area contributed by atoms with Gasteiger partial charge in [0.1, 0.15) is 5.75 Å². The zero-order valence-electron chi connectivity index (χ0n) is 10.9. The normalized spacial score (nSPS) is 20.0. The summed E-state index contributed by atoms with van der Waals surface area (Å²) in [4.78, 5) is 11.7. The van der Waals surface area contributed by atoms with Crippen LogP contribution in [0.1, 0.15) is 19.8 Å². The van der Waals surface area contributed by atoms with Crippen LogP contribution in [-0.2, 0) is 9.53 Å². The van der Waals surface area contributed by atoms with Gasteiger partial charge < -0.3 is 14.8 Å². The van der Waals surface area contributed by atoms with E-state index in [1.54, 1.807) is 0 Å². The molecule has 2 atom stereocenters. The smallest absolute Gasteiger partial charge is 0.258 e. The van der Waals surface area contributed by atoms with Crippen molar-refractivity contribution in [3.8, 4) is 5.75 Å². The lowest BCUT2D eigenvalue weighted by atomic mass is 10.1. The molecule has 0 radical (unpaired) electrons. The van der Waals surface area contributed by atoms with Gasteiger partial charge in [-0.05, 0) is 44.0 Å². The molecule has 0 bridgehead atoms. The van der Waals surface area contributed by atoms with E-state index in [4.69, 9.17) is 9.47 Å². The van der Waals surface area contributed by atoms with Crippen molar-refractivity contribution < 1.29 is 14.3 Å². The van der Waals surface area contributed by atoms with Gasteiger partial charge in [0.25, 0.3) is 5.91 Å². The Bertz CT molecular complexity index is 415. The summed E-state index contributed by atoms with van der Waals surface area (Å²) in [6.07, 6.45) is 2.21. The second-order valence-electron chi connectivity index (χ2n) is 4.65. The van der Waals surface area contributed by atoms with Crippen molar-refractivity contribution in [1.82, 2.24) is 5.32 Å². The van der Waals surface area contributed by atoms with E-state index in [2.05, 4.69) is 21.2 Å². The molecule has 1 aromatic carbocycles. The molecule has 1 aromatic rings. The monoisotopic (exact) mass is 327 g/mol. The molecule has 0 aliphatic carbocycles. The predicted molar refractivity (Wildman–Crippen MR) is 76.2 cm³/mol. The van der Waals surface area contributed by atoms with E-state index in [0.29, 0.717) is 5.75 Å². The van der Waals surface area contributed by atoms with Gasteiger partial charge in [-0.1, -0.05) is 15.9 Å². The minimum Gasteiger partial charge on any atom is -0.484 e. The highest BCUT2D eigenvalue weighted by molar-refractivity contribution is 9.10. The number of ether oxygens (including phenoxy) is 2. The average molecular weight is 328 g/mol. The van der Waals surface area contributed by atoms with Crippen LogP contribution in [0.2, 0.25) is 0 Å². The van der Waals surface area contributed by atoms with Crippen molar-refractivity contribution in [2.75, 3.05) is 13.2 Å². The van der Waals surface area contributed by atoms with Crippen molar-refractivity contribution in [2.45, 2.75) is 31.9 Å². The molecule has 19 heavy (non-hydrogen) atoms. The molecule has 5 heteroatoms. The topological polar surface area (TPSA) is 47.6 Å². The quantitative estimate of drug-likeness (QED) is 0.903. The van der Waals surface area contributed by atoms with Crippen LogP contribution in [0.5, 0.6) is 5.75 Å². The highest BCUT2D eigenvalue weighted by atomic mass is 79.9. The van der Waals surface area contributed by atoms with E-state index in [0.717, 1.165) is 23.9 Å². The van der Waals surface area contributed by atoms with Crippen LogP contribution in [0.4, 0.5) is 0 Å². The molecule has 104 valence electrons. The molecule has 1 heterocycles. The second kappa shape index (κ2) is 6.91. The van der Waals surface area contributed by atoms with Crippen LogP contribution in [0, 0.1) is 0 Å². The summed E-state index contributed by atoms with van der Waals surface area (Å²) < 4.78 is 11.9. The number of amides is 1. The third-order valence-corrected chi connectivity index (χ3v) is 3.62. The summed E-state index contributed by atoms with van der Waals surface area (Å²) >= 11 is 3.35. The molecule has 1 saturated heterocycles. The van der Waals surface area contributed by atoms with Gasteiger partial charge in [-0.2, -0.15) is 0 Å². The number of rotatable bonds is 5. The fourth-order valence-electron chi connectivity index (χ4n) is 2.07. The number of hydrogen-bond donors (Lipinski definition) is 1. The van der Waals surface area contributed by atoms with E-state index in [1.807, 2.05) is 31.2 Å². The van der Waals surface area contributed by atoms with Crippen LogP contribution in [0.15, 0.2) is 28.7 Å². The average Bonchev–Trinajstić information content (AvgIpc) is 2.92. The molecule has 1 N–H and O–H groups in total. The van der Waals surface area contributed by atoms with Gasteiger partial charge in [0.05, 0.1) is 12.1 Å². The van der Waals surface area contributed by atoms with Gasteiger partial charge in [-0.3, -0.25) is 4.79 Å². The van der Waals surface area contributed by atoms with Crippen molar-refractivity contribution in [3.63, 3.8) is 0 Å². The Morgan fingerprint density at radius 3 is 2.89 bits per heavy atom. The van der Waals surface area contributed by atoms with Gasteiger partial charge in [0.15, 0.2) is 6.61 Å². The minimum atomic E-state index is -0.120. The fraction of sp³-hybridized carbons (Fsp3) is 0.500. The first-order chi connectivity index (χ1) is 9.15. The molecular weight excluding hydrogens is 310 g/mol. The van der Waals surface area contributed by atoms with E-state index in [1.165, 1.54) is 0 Å². The highest BCUT2D eigenvalue weighted by Crippen LogP contribution is 2.17. The maximum absolute atomic E-state index is 11.7. The number of carbonyl (C=O) groups is 1. The van der Waals surface area contributed by atoms with Crippen molar-refractivity contribution in [2.24, 2.45) is 0 Å². The van der Waals surface area contributed by atoms with Crippen LogP contribution < -0.4 is 10.1 Å². The Hall–Kier alpha value is -1.07. The number of hydrogen-bond acceptors (Lipinski definition) is 3. The zero-order valence-corrected chi connectivity index (χ0v) is 12.5. The van der Waals surface area contributed by atoms with E-state index in [-0.39, 0.29) is 24.7 Å². The Labute approximate surface area is 121 Å². The molecule has 1 aliphatic heterocycles. The first kappa shape index (κ1) is 14.3. The third kappa shape index (κ3) is 4.51. The summed E-state index contributed by atoms with van der Waals surface area (Å²) in [6, 6.07) is 7.43. The molecule has 1 fully saturated rings. The molecule has 1 aliphatic rings. The summed E-state index contributed by atoms with van der Waals surface area (Å²) in [5, 5.41) is 2.91.